The van der Waals surface area contributed by atoms with Gasteiger partial charge in [-0.25, -0.2) is 0 Å². The topological polar surface area (TPSA) is 38.8 Å². The van der Waals surface area contributed by atoms with Crippen LogP contribution in [0.15, 0.2) is 48.5 Å². The SMILES string of the molecule is O=C(c1ccccc1)N1CCCC1c1ccc2c(c1)OCCCO2. The first-order chi connectivity index (χ1) is 11.8. The molecule has 0 radical (unpaired) electrons. The molecule has 0 bridgehead atoms. The van der Waals surface area contributed by atoms with E-state index in [9.17, 15) is 4.79 Å². The van der Waals surface area contributed by atoms with E-state index >= 15 is 0 Å². The lowest BCUT2D eigenvalue weighted by Gasteiger charge is -2.26. The fraction of sp³-hybridized carbons (Fsp3) is 0.350. The Kier molecular flexibility index (Phi) is 4.11. The Labute approximate surface area is 142 Å². The normalized spacial score (nSPS) is 19.8. The van der Waals surface area contributed by atoms with Crippen LogP contribution in [-0.2, 0) is 0 Å². The summed E-state index contributed by atoms with van der Waals surface area (Å²) >= 11 is 0. The van der Waals surface area contributed by atoms with Crippen LogP contribution in [0.3, 0.4) is 0 Å². The largest absolute Gasteiger partial charge is 0.490 e. The van der Waals surface area contributed by atoms with E-state index in [0.717, 1.165) is 48.4 Å². The Morgan fingerprint density at radius 1 is 0.958 bits per heavy atom. The van der Waals surface area contributed by atoms with E-state index in [1.165, 1.54) is 0 Å². The third-order valence-corrected chi connectivity index (χ3v) is 4.69. The predicted molar refractivity (Wildman–Crippen MR) is 91.5 cm³/mol. The molecule has 124 valence electrons. The van der Waals surface area contributed by atoms with Crippen molar-refractivity contribution in [2.45, 2.75) is 25.3 Å². The lowest BCUT2D eigenvalue weighted by atomic mass is 10.0. The molecule has 0 saturated carbocycles. The van der Waals surface area contributed by atoms with Crippen molar-refractivity contribution < 1.29 is 14.3 Å². The number of hydrogen-bond donors (Lipinski definition) is 0. The third-order valence-electron chi connectivity index (χ3n) is 4.69. The highest BCUT2D eigenvalue weighted by Gasteiger charge is 2.31. The smallest absolute Gasteiger partial charge is 0.254 e. The molecular formula is C20H21NO3. The molecule has 2 aromatic rings. The van der Waals surface area contributed by atoms with Crippen LogP contribution < -0.4 is 9.47 Å². The van der Waals surface area contributed by atoms with Gasteiger partial charge in [-0.05, 0) is 42.7 Å². The molecule has 1 unspecified atom stereocenters. The van der Waals surface area contributed by atoms with Gasteiger partial charge in [-0.3, -0.25) is 4.79 Å². The molecule has 2 aliphatic rings. The summed E-state index contributed by atoms with van der Waals surface area (Å²) in [6.07, 6.45) is 2.90. The van der Waals surface area contributed by atoms with Crippen LogP contribution in [0, 0.1) is 0 Å². The van der Waals surface area contributed by atoms with Crippen molar-refractivity contribution in [1.82, 2.24) is 4.90 Å². The summed E-state index contributed by atoms with van der Waals surface area (Å²) in [5, 5.41) is 0. The molecule has 0 aromatic heterocycles. The first kappa shape index (κ1) is 15.1. The number of rotatable bonds is 2. The molecule has 24 heavy (non-hydrogen) atoms. The van der Waals surface area contributed by atoms with Gasteiger partial charge in [0.2, 0.25) is 0 Å². The van der Waals surface area contributed by atoms with Crippen LogP contribution in [0.5, 0.6) is 11.5 Å². The number of hydrogen-bond acceptors (Lipinski definition) is 3. The molecule has 2 aromatic carbocycles. The third kappa shape index (κ3) is 2.84. The molecular weight excluding hydrogens is 302 g/mol. The highest BCUT2D eigenvalue weighted by atomic mass is 16.5. The van der Waals surface area contributed by atoms with Gasteiger partial charge in [0.15, 0.2) is 11.5 Å². The number of amides is 1. The van der Waals surface area contributed by atoms with Crippen LogP contribution in [-0.4, -0.2) is 30.6 Å². The van der Waals surface area contributed by atoms with Crippen molar-refractivity contribution in [2.75, 3.05) is 19.8 Å². The maximum atomic E-state index is 12.8. The minimum absolute atomic E-state index is 0.102. The van der Waals surface area contributed by atoms with Crippen molar-refractivity contribution in [1.29, 1.82) is 0 Å². The van der Waals surface area contributed by atoms with Crippen LogP contribution in [0.1, 0.15) is 41.2 Å². The van der Waals surface area contributed by atoms with Gasteiger partial charge in [-0.1, -0.05) is 24.3 Å². The highest BCUT2D eigenvalue weighted by Crippen LogP contribution is 2.38. The minimum Gasteiger partial charge on any atom is -0.490 e. The quantitative estimate of drug-likeness (QED) is 0.843. The second-order valence-corrected chi connectivity index (χ2v) is 6.28. The molecule has 1 saturated heterocycles. The Morgan fingerprint density at radius 3 is 2.58 bits per heavy atom. The van der Waals surface area contributed by atoms with Crippen molar-refractivity contribution in [3.8, 4) is 11.5 Å². The average Bonchev–Trinajstić information content (AvgIpc) is 3.00. The summed E-state index contributed by atoms with van der Waals surface area (Å²) in [7, 11) is 0. The first-order valence-corrected chi connectivity index (χ1v) is 8.58. The second-order valence-electron chi connectivity index (χ2n) is 6.28. The van der Waals surface area contributed by atoms with Gasteiger partial charge in [0.25, 0.3) is 5.91 Å². The summed E-state index contributed by atoms with van der Waals surface area (Å²) in [4.78, 5) is 14.8. The molecule has 0 aliphatic carbocycles. The number of nitrogens with zero attached hydrogens (tertiary/aromatic N) is 1. The van der Waals surface area contributed by atoms with Crippen molar-refractivity contribution in [3.63, 3.8) is 0 Å². The van der Waals surface area contributed by atoms with Gasteiger partial charge in [0.1, 0.15) is 0 Å². The van der Waals surface area contributed by atoms with E-state index in [1.54, 1.807) is 0 Å². The zero-order chi connectivity index (χ0) is 16.4. The summed E-state index contributed by atoms with van der Waals surface area (Å²) in [6, 6.07) is 15.7. The fourth-order valence-electron chi connectivity index (χ4n) is 3.49. The van der Waals surface area contributed by atoms with E-state index in [2.05, 4.69) is 6.07 Å². The molecule has 0 spiro atoms. The van der Waals surface area contributed by atoms with Gasteiger partial charge in [-0.15, -0.1) is 0 Å². The van der Waals surface area contributed by atoms with Crippen molar-refractivity contribution in [2.24, 2.45) is 0 Å². The van der Waals surface area contributed by atoms with Crippen LogP contribution >= 0.6 is 0 Å². The molecule has 1 amide bonds. The summed E-state index contributed by atoms with van der Waals surface area (Å²) in [6.45, 7) is 2.16. The number of carbonyl (C=O) groups excluding carboxylic acids is 1. The van der Waals surface area contributed by atoms with Crippen LogP contribution in [0.4, 0.5) is 0 Å². The summed E-state index contributed by atoms with van der Waals surface area (Å²) in [5.41, 5.74) is 1.87. The molecule has 1 atom stereocenters. The maximum absolute atomic E-state index is 12.8. The van der Waals surface area contributed by atoms with Gasteiger partial charge in [0.05, 0.1) is 19.3 Å². The number of carbonyl (C=O) groups is 1. The van der Waals surface area contributed by atoms with E-state index < -0.39 is 0 Å². The number of benzene rings is 2. The fourth-order valence-corrected chi connectivity index (χ4v) is 3.49. The van der Waals surface area contributed by atoms with E-state index in [0.29, 0.717) is 13.2 Å². The molecule has 4 rings (SSSR count). The lowest BCUT2D eigenvalue weighted by Crippen LogP contribution is -2.30. The maximum Gasteiger partial charge on any atom is 0.254 e. The molecule has 1 fully saturated rings. The van der Waals surface area contributed by atoms with Gasteiger partial charge in [-0.2, -0.15) is 0 Å². The Hall–Kier alpha value is -2.49. The molecule has 4 nitrogen and oxygen atoms in total. The van der Waals surface area contributed by atoms with E-state index in [1.807, 2.05) is 47.4 Å². The molecule has 2 heterocycles. The second kappa shape index (κ2) is 6.56. The first-order valence-electron chi connectivity index (χ1n) is 8.58. The van der Waals surface area contributed by atoms with E-state index in [-0.39, 0.29) is 11.9 Å². The lowest BCUT2D eigenvalue weighted by molar-refractivity contribution is 0.0735. The van der Waals surface area contributed by atoms with E-state index in [4.69, 9.17) is 9.47 Å². The zero-order valence-electron chi connectivity index (χ0n) is 13.6. The van der Waals surface area contributed by atoms with Gasteiger partial charge in [0, 0.05) is 18.5 Å². The summed E-state index contributed by atoms with van der Waals surface area (Å²) in [5.74, 6) is 1.70. The van der Waals surface area contributed by atoms with Crippen LogP contribution in [0.25, 0.3) is 0 Å². The molecule has 0 N–H and O–H groups in total. The Morgan fingerprint density at radius 2 is 1.75 bits per heavy atom. The van der Waals surface area contributed by atoms with Gasteiger partial charge < -0.3 is 14.4 Å². The van der Waals surface area contributed by atoms with Crippen molar-refractivity contribution in [3.05, 3.63) is 59.7 Å². The molecule has 4 heteroatoms. The number of ether oxygens (including phenoxy) is 2. The Bertz CT molecular complexity index is 729. The standard InChI is InChI=1S/C20H21NO3/c22-20(15-6-2-1-3-7-15)21-11-4-8-17(21)16-9-10-18-19(14-16)24-13-5-12-23-18/h1-3,6-7,9-10,14,17H,4-5,8,11-13H2. The summed E-state index contributed by atoms with van der Waals surface area (Å²) < 4.78 is 11.5. The zero-order valence-corrected chi connectivity index (χ0v) is 13.6. The monoisotopic (exact) mass is 323 g/mol. The van der Waals surface area contributed by atoms with Gasteiger partial charge >= 0.3 is 0 Å². The predicted octanol–water partition coefficient (Wildman–Crippen LogP) is 3.83. The number of fused-ring (bicyclic) bond motifs is 1. The molecule has 2 aliphatic heterocycles. The minimum atomic E-state index is 0.102. The highest BCUT2D eigenvalue weighted by molar-refractivity contribution is 5.94. The van der Waals surface area contributed by atoms with Crippen LogP contribution in [0.2, 0.25) is 0 Å². The Balaban J connectivity index is 1.61. The van der Waals surface area contributed by atoms with Crippen molar-refractivity contribution >= 4 is 5.91 Å². The number of likely N-dealkylation sites (tertiary alicyclic amines) is 1. The average molecular weight is 323 g/mol.